The van der Waals surface area contributed by atoms with Crippen molar-refractivity contribution >= 4 is 11.8 Å². The van der Waals surface area contributed by atoms with Gasteiger partial charge in [-0.3, -0.25) is 9.59 Å². The van der Waals surface area contributed by atoms with Gasteiger partial charge in [0.25, 0.3) is 17.7 Å². The molecule has 0 fully saturated rings. The summed E-state index contributed by atoms with van der Waals surface area (Å²) in [6.45, 7) is 3.72. The lowest BCUT2D eigenvalue weighted by molar-refractivity contribution is -0.294. The van der Waals surface area contributed by atoms with Crippen molar-refractivity contribution in [3.63, 3.8) is 0 Å². The maximum absolute atomic E-state index is 11.9. The molecule has 0 spiro atoms. The third kappa shape index (κ3) is 5.67. The molecule has 0 saturated heterocycles. The van der Waals surface area contributed by atoms with Gasteiger partial charge < -0.3 is 9.68 Å². The second-order valence-electron chi connectivity index (χ2n) is 4.66. The molecular formula is C15H23N3O6. The number of carbonyl (C=O) groups excluding carboxylic acids is 2. The molecule has 0 radical (unpaired) electrons. The van der Waals surface area contributed by atoms with E-state index in [2.05, 4.69) is 4.98 Å². The first-order valence-electron chi connectivity index (χ1n) is 7.62. The van der Waals surface area contributed by atoms with E-state index in [1.165, 1.54) is 26.5 Å². The summed E-state index contributed by atoms with van der Waals surface area (Å²) in [5.41, 5.74) is 0. The van der Waals surface area contributed by atoms with Gasteiger partial charge in [-0.05, 0) is 35.4 Å². The van der Waals surface area contributed by atoms with Gasteiger partial charge in [-0.15, -0.1) is 0 Å². The second-order valence-corrected chi connectivity index (χ2v) is 4.66. The third-order valence-corrected chi connectivity index (χ3v) is 2.75. The van der Waals surface area contributed by atoms with Gasteiger partial charge in [-0.25, -0.2) is 14.7 Å². The molecule has 1 rings (SSSR count). The second kappa shape index (κ2) is 10.4. The van der Waals surface area contributed by atoms with E-state index in [0.29, 0.717) is 18.1 Å². The fourth-order valence-electron chi connectivity index (χ4n) is 1.67. The molecule has 0 saturated carbocycles. The number of hydrogen-bond acceptors (Lipinski definition) is 7. The standard InChI is InChI=1S/C15H23N3O6/c1-5-8-13(19)17(21-3)23-12-10-7-11-16-15(12)24-18(22-4)14(20)9-6-2/h7,10-11H,5-6,8-9H2,1-4H3. The summed E-state index contributed by atoms with van der Waals surface area (Å²) in [5.74, 6) is -0.687. The van der Waals surface area contributed by atoms with Crippen LogP contribution in [0.1, 0.15) is 39.5 Å². The maximum Gasteiger partial charge on any atom is 0.295 e. The summed E-state index contributed by atoms with van der Waals surface area (Å²) in [6, 6.07) is 3.11. The van der Waals surface area contributed by atoms with E-state index in [-0.39, 0.29) is 36.3 Å². The number of carbonyl (C=O) groups is 2. The first-order valence-corrected chi connectivity index (χ1v) is 7.62. The van der Waals surface area contributed by atoms with E-state index in [9.17, 15) is 9.59 Å². The fourth-order valence-corrected chi connectivity index (χ4v) is 1.67. The van der Waals surface area contributed by atoms with Crippen LogP contribution in [0.3, 0.4) is 0 Å². The Labute approximate surface area is 140 Å². The lowest BCUT2D eigenvalue weighted by Gasteiger charge is -2.22. The summed E-state index contributed by atoms with van der Waals surface area (Å²) in [6.07, 6.45) is 3.23. The van der Waals surface area contributed by atoms with Crippen molar-refractivity contribution in [2.75, 3.05) is 14.2 Å². The molecule has 0 aliphatic rings. The van der Waals surface area contributed by atoms with Crippen LogP contribution in [-0.2, 0) is 19.3 Å². The molecule has 1 aromatic heterocycles. The van der Waals surface area contributed by atoms with Gasteiger partial charge in [-0.1, -0.05) is 13.8 Å². The van der Waals surface area contributed by atoms with Gasteiger partial charge >= 0.3 is 0 Å². The molecule has 9 nitrogen and oxygen atoms in total. The zero-order valence-corrected chi connectivity index (χ0v) is 14.4. The number of nitrogens with zero attached hydrogens (tertiary/aromatic N) is 3. The average Bonchev–Trinajstić information content (AvgIpc) is 2.58. The predicted octanol–water partition coefficient (Wildman–Crippen LogP) is 2.05. The largest absolute Gasteiger partial charge is 0.345 e. The Morgan fingerprint density at radius 3 is 2.04 bits per heavy atom. The van der Waals surface area contributed by atoms with E-state index in [1.807, 2.05) is 13.8 Å². The van der Waals surface area contributed by atoms with Crippen LogP contribution in [-0.4, -0.2) is 41.5 Å². The van der Waals surface area contributed by atoms with Gasteiger partial charge in [0.15, 0.2) is 0 Å². The zero-order chi connectivity index (χ0) is 17.9. The van der Waals surface area contributed by atoms with Crippen LogP contribution in [0.25, 0.3) is 0 Å². The predicted molar refractivity (Wildman–Crippen MR) is 83.0 cm³/mol. The van der Waals surface area contributed by atoms with Crippen molar-refractivity contribution in [2.24, 2.45) is 0 Å². The van der Waals surface area contributed by atoms with Crippen LogP contribution in [0.4, 0.5) is 0 Å². The summed E-state index contributed by atoms with van der Waals surface area (Å²) < 4.78 is 0. The monoisotopic (exact) mass is 341 g/mol. The number of aromatic nitrogens is 1. The van der Waals surface area contributed by atoms with Crippen LogP contribution < -0.4 is 9.68 Å². The van der Waals surface area contributed by atoms with Gasteiger partial charge in [0.2, 0.25) is 5.75 Å². The van der Waals surface area contributed by atoms with E-state index in [4.69, 9.17) is 19.4 Å². The van der Waals surface area contributed by atoms with Crippen LogP contribution in [0, 0.1) is 0 Å². The normalized spacial score (nSPS) is 10.2. The molecule has 9 heteroatoms. The molecule has 2 amide bonds. The Kier molecular flexibility index (Phi) is 8.52. The van der Waals surface area contributed by atoms with Crippen molar-refractivity contribution in [3.05, 3.63) is 18.3 Å². The first kappa shape index (κ1) is 19.7. The molecule has 0 aliphatic carbocycles. The van der Waals surface area contributed by atoms with Crippen molar-refractivity contribution in [3.8, 4) is 11.6 Å². The first-order chi connectivity index (χ1) is 11.6. The summed E-state index contributed by atoms with van der Waals surface area (Å²) in [7, 11) is 2.60. The Balaban J connectivity index is 2.90. The molecule has 24 heavy (non-hydrogen) atoms. The molecule has 0 atom stereocenters. The van der Waals surface area contributed by atoms with Crippen LogP contribution in [0.5, 0.6) is 11.6 Å². The van der Waals surface area contributed by atoms with Gasteiger partial charge in [-0.2, -0.15) is 0 Å². The van der Waals surface area contributed by atoms with Crippen LogP contribution >= 0.6 is 0 Å². The lowest BCUT2D eigenvalue weighted by atomic mass is 10.3. The minimum Gasteiger partial charge on any atom is -0.345 e. The Bertz CT molecular complexity index is 493. The minimum atomic E-state index is -0.373. The highest BCUT2D eigenvalue weighted by molar-refractivity contribution is 5.74. The summed E-state index contributed by atoms with van der Waals surface area (Å²) in [4.78, 5) is 48.3. The quantitative estimate of drug-likeness (QED) is 0.602. The van der Waals surface area contributed by atoms with Gasteiger partial charge in [0.05, 0.1) is 14.2 Å². The third-order valence-electron chi connectivity index (χ3n) is 2.75. The molecule has 0 bridgehead atoms. The van der Waals surface area contributed by atoms with E-state index < -0.39 is 0 Å². The van der Waals surface area contributed by atoms with Crippen molar-refractivity contribution in [1.29, 1.82) is 0 Å². The molecule has 0 aromatic carbocycles. The van der Waals surface area contributed by atoms with Crippen LogP contribution in [0.2, 0.25) is 0 Å². The highest BCUT2D eigenvalue weighted by Crippen LogP contribution is 2.26. The summed E-state index contributed by atoms with van der Waals surface area (Å²) >= 11 is 0. The highest BCUT2D eigenvalue weighted by Gasteiger charge is 2.22. The average molecular weight is 341 g/mol. The molecule has 0 aliphatic heterocycles. The molecule has 1 heterocycles. The van der Waals surface area contributed by atoms with Gasteiger partial charge in [0.1, 0.15) is 0 Å². The van der Waals surface area contributed by atoms with E-state index >= 15 is 0 Å². The topological polar surface area (TPSA) is 90.4 Å². The Morgan fingerprint density at radius 2 is 1.54 bits per heavy atom. The number of hydrogen-bond donors (Lipinski definition) is 0. The van der Waals surface area contributed by atoms with E-state index in [0.717, 1.165) is 5.23 Å². The van der Waals surface area contributed by atoms with E-state index in [1.54, 1.807) is 6.07 Å². The summed E-state index contributed by atoms with van der Waals surface area (Å²) in [5, 5.41) is 1.45. The highest BCUT2D eigenvalue weighted by atomic mass is 17.0. The molecule has 0 unspecified atom stereocenters. The Hall–Kier alpha value is -2.39. The molecule has 134 valence electrons. The molecule has 0 N–H and O–H groups in total. The number of hydroxylamine groups is 4. The lowest BCUT2D eigenvalue weighted by Crippen LogP contribution is -2.35. The number of pyridine rings is 1. The molecule has 1 aromatic rings. The maximum atomic E-state index is 11.9. The Morgan fingerprint density at radius 1 is 1.00 bits per heavy atom. The molecular weight excluding hydrogens is 318 g/mol. The number of rotatable bonds is 10. The van der Waals surface area contributed by atoms with Crippen LogP contribution in [0.15, 0.2) is 18.3 Å². The fraction of sp³-hybridized carbons (Fsp3) is 0.533. The number of amides is 2. The SMILES string of the molecule is CCCC(=O)N(OC)Oc1cccnc1ON(OC)C(=O)CCC. The smallest absolute Gasteiger partial charge is 0.295 e. The van der Waals surface area contributed by atoms with Crippen molar-refractivity contribution in [1.82, 2.24) is 15.4 Å². The van der Waals surface area contributed by atoms with Crippen molar-refractivity contribution < 1.29 is 28.9 Å². The zero-order valence-electron chi connectivity index (χ0n) is 14.4. The minimum absolute atomic E-state index is 0.0462. The van der Waals surface area contributed by atoms with Crippen molar-refractivity contribution in [2.45, 2.75) is 39.5 Å². The van der Waals surface area contributed by atoms with Gasteiger partial charge in [0, 0.05) is 19.0 Å².